The van der Waals surface area contributed by atoms with Crippen molar-refractivity contribution in [3.8, 4) is 0 Å². The number of hydrogen-bond acceptors (Lipinski definition) is 2. The lowest BCUT2D eigenvalue weighted by Crippen LogP contribution is -2.27. The lowest BCUT2D eigenvalue weighted by Gasteiger charge is -2.20. The number of nitrogens with one attached hydrogen (secondary N) is 1. The average molecular weight is 246 g/mol. The molecule has 1 aliphatic carbocycles. The van der Waals surface area contributed by atoms with Gasteiger partial charge >= 0.3 is 0 Å². The van der Waals surface area contributed by atoms with Crippen LogP contribution < -0.4 is 11.1 Å². The summed E-state index contributed by atoms with van der Waals surface area (Å²) in [6.07, 6.45) is 3.77. The molecule has 1 aromatic rings. The van der Waals surface area contributed by atoms with Gasteiger partial charge in [-0.15, -0.1) is 0 Å². The number of hydrogen-bond donors (Lipinski definition) is 2. The third kappa shape index (κ3) is 3.33. The van der Waals surface area contributed by atoms with Gasteiger partial charge in [0.05, 0.1) is 0 Å². The van der Waals surface area contributed by atoms with Crippen LogP contribution in [0.2, 0.25) is 0 Å². The molecule has 1 fully saturated rings. The van der Waals surface area contributed by atoms with Crippen LogP contribution in [0, 0.1) is 11.3 Å². The summed E-state index contributed by atoms with van der Waals surface area (Å²) in [5.41, 5.74) is 8.85. The summed E-state index contributed by atoms with van der Waals surface area (Å²) >= 11 is 0. The van der Waals surface area contributed by atoms with Gasteiger partial charge in [-0.2, -0.15) is 0 Å². The molecule has 1 saturated carbocycles. The van der Waals surface area contributed by atoms with Gasteiger partial charge in [0.15, 0.2) is 0 Å². The summed E-state index contributed by atoms with van der Waals surface area (Å²) in [5.74, 6) is 0.803. The van der Waals surface area contributed by atoms with E-state index in [-0.39, 0.29) is 0 Å². The first-order chi connectivity index (χ1) is 8.66. The molecule has 0 unspecified atom stereocenters. The maximum Gasteiger partial charge on any atom is 0.0205 e. The van der Waals surface area contributed by atoms with E-state index in [2.05, 4.69) is 43.4 Å². The topological polar surface area (TPSA) is 38.0 Å². The van der Waals surface area contributed by atoms with Crippen LogP contribution in [0.4, 0.5) is 0 Å². The molecule has 0 atom stereocenters. The standard InChI is InChI=1S/C16H26N2/c1-13(2)16(8-9-16)12-18-11-15-5-3-14(4-6-15)7-10-17/h3-6,13,18H,7-12,17H2,1-2H3. The van der Waals surface area contributed by atoms with Crippen LogP contribution in [0.5, 0.6) is 0 Å². The Bertz CT molecular complexity index is 363. The molecule has 2 heteroatoms. The minimum absolute atomic E-state index is 0.597. The number of nitrogens with two attached hydrogens (primary N) is 1. The highest BCUT2D eigenvalue weighted by Crippen LogP contribution is 2.51. The van der Waals surface area contributed by atoms with Gasteiger partial charge in [0.2, 0.25) is 0 Å². The van der Waals surface area contributed by atoms with Crippen LogP contribution in [0.1, 0.15) is 37.8 Å². The molecule has 0 heterocycles. The van der Waals surface area contributed by atoms with E-state index in [0.717, 1.165) is 32.0 Å². The molecule has 0 radical (unpaired) electrons. The van der Waals surface area contributed by atoms with Gasteiger partial charge in [0.1, 0.15) is 0 Å². The molecular formula is C16H26N2. The Kier molecular flexibility index (Phi) is 4.41. The Morgan fingerprint density at radius 1 is 1.17 bits per heavy atom. The third-order valence-corrected chi connectivity index (χ3v) is 4.38. The van der Waals surface area contributed by atoms with Crippen molar-refractivity contribution in [3.63, 3.8) is 0 Å². The summed E-state index contributed by atoms with van der Waals surface area (Å²) in [7, 11) is 0. The van der Waals surface area contributed by atoms with Gasteiger partial charge in [-0.05, 0) is 48.3 Å². The normalized spacial score (nSPS) is 17.1. The maximum atomic E-state index is 5.55. The minimum atomic E-state index is 0.597. The van der Waals surface area contributed by atoms with E-state index in [1.165, 1.54) is 24.0 Å². The van der Waals surface area contributed by atoms with Crippen LogP contribution >= 0.6 is 0 Å². The molecule has 0 amide bonds. The average Bonchev–Trinajstić information content (AvgIpc) is 3.13. The van der Waals surface area contributed by atoms with E-state index in [4.69, 9.17) is 5.73 Å². The lowest BCUT2D eigenvalue weighted by atomic mass is 9.92. The van der Waals surface area contributed by atoms with E-state index in [1.807, 2.05) is 0 Å². The quantitative estimate of drug-likeness (QED) is 0.776. The Morgan fingerprint density at radius 3 is 2.28 bits per heavy atom. The molecule has 0 spiro atoms. The van der Waals surface area contributed by atoms with Crippen molar-refractivity contribution in [1.29, 1.82) is 0 Å². The second-order valence-electron chi connectivity index (χ2n) is 5.98. The highest BCUT2D eigenvalue weighted by Gasteiger charge is 2.44. The van der Waals surface area contributed by atoms with Crippen molar-refractivity contribution in [3.05, 3.63) is 35.4 Å². The third-order valence-electron chi connectivity index (χ3n) is 4.38. The van der Waals surface area contributed by atoms with Crippen molar-refractivity contribution >= 4 is 0 Å². The zero-order chi connectivity index (χ0) is 13.0. The Hall–Kier alpha value is -0.860. The summed E-state index contributed by atoms with van der Waals surface area (Å²) in [4.78, 5) is 0. The fourth-order valence-corrected chi connectivity index (χ4v) is 2.57. The van der Waals surface area contributed by atoms with Crippen molar-refractivity contribution < 1.29 is 0 Å². The highest BCUT2D eigenvalue weighted by atomic mass is 14.9. The predicted molar refractivity (Wildman–Crippen MR) is 77.4 cm³/mol. The van der Waals surface area contributed by atoms with Crippen molar-refractivity contribution in [2.45, 2.75) is 39.7 Å². The van der Waals surface area contributed by atoms with Crippen LogP contribution in [0.15, 0.2) is 24.3 Å². The van der Waals surface area contributed by atoms with Gasteiger partial charge in [-0.3, -0.25) is 0 Å². The summed E-state index contributed by atoms with van der Waals surface area (Å²) in [6.45, 7) is 7.56. The van der Waals surface area contributed by atoms with E-state index < -0.39 is 0 Å². The molecule has 2 nitrogen and oxygen atoms in total. The Labute approximate surface area is 111 Å². The molecular weight excluding hydrogens is 220 g/mol. The molecule has 1 aliphatic rings. The lowest BCUT2D eigenvalue weighted by molar-refractivity contribution is 0.338. The molecule has 0 saturated heterocycles. The zero-order valence-corrected chi connectivity index (χ0v) is 11.7. The predicted octanol–water partition coefficient (Wildman–Crippen LogP) is 2.71. The van der Waals surface area contributed by atoms with E-state index in [0.29, 0.717) is 5.41 Å². The van der Waals surface area contributed by atoms with Gasteiger partial charge in [0.25, 0.3) is 0 Å². The van der Waals surface area contributed by atoms with Crippen molar-refractivity contribution in [2.75, 3.05) is 13.1 Å². The highest BCUT2D eigenvalue weighted by molar-refractivity contribution is 5.22. The second kappa shape index (κ2) is 5.85. The summed E-state index contributed by atoms with van der Waals surface area (Å²) < 4.78 is 0. The molecule has 100 valence electrons. The van der Waals surface area contributed by atoms with Gasteiger partial charge in [-0.25, -0.2) is 0 Å². The van der Waals surface area contributed by atoms with E-state index >= 15 is 0 Å². The first-order valence-corrected chi connectivity index (χ1v) is 7.15. The molecule has 0 bridgehead atoms. The maximum absolute atomic E-state index is 5.55. The summed E-state index contributed by atoms with van der Waals surface area (Å²) in [5, 5.41) is 3.61. The fourth-order valence-electron chi connectivity index (χ4n) is 2.57. The Morgan fingerprint density at radius 2 is 1.78 bits per heavy atom. The van der Waals surface area contributed by atoms with E-state index in [1.54, 1.807) is 0 Å². The zero-order valence-electron chi connectivity index (χ0n) is 11.7. The number of benzene rings is 1. The molecule has 0 aromatic heterocycles. The summed E-state index contributed by atoms with van der Waals surface area (Å²) in [6, 6.07) is 8.82. The minimum Gasteiger partial charge on any atom is -0.330 e. The largest absolute Gasteiger partial charge is 0.330 e. The van der Waals surface area contributed by atoms with Crippen molar-refractivity contribution in [2.24, 2.45) is 17.1 Å². The smallest absolute Gasteiger partial charge is 0.0205 e. The van der Waals surface area contributed by atoms with Crippen LogP contribution in [-0.4, -0.2) is 13.1 Å². The SMILES string of the molecule is CC(C)C1(CNCc2ccc(CCN)cc2)CC1. The molecule has 0 aliphatic heterocycles. The van der Waals surface area contributed by atoms with Gasteiger partial charge < -0.3 is 11.1 Å². The van der Waals surface area contributed by atoms with Gasteiger partial charge in [0, 0.05) is 13.1 Å². The molecule has 3 N–H and O–H groups in total. The molecule has 18 heavy (non-hydrogen) atoms. The first kappa shape index (κ1) is 13.6. The monoisotopic (exact) mass is 246 g/mol. The van der Waals surface area contributed by atoms with Crippen LogP contribution in [-0.2, 0) is 13.0 Å². The second-order valence-corrected chi connectivity index (χ2v) is 5.98. The molecule has 1 aromatic carbocycles. The van der Waals surface area contributed by atoms with Crippen LogP contribution in [0.25, 0.3) is 0 Å². The van der Waals surface area contributed by atoms with Crippen LogP contribution in [0.3, 0.4) is 0 Å². The van der Waals surface area contributed by atoms with Gasteiger partial charge in [-0.1, -0.05) is 38.1 Å². The number of rotatable bonds is 7. The van der Waals surface area contributed by atoms with E-state index in [9.17, 15) is 0 Å². The van der Waals surface area contributed by atoms with Crippen molar-refractivity contribution in [1.82, 2.24) is 5.32 Å². The Balaban J connectivity index is 1.77. The first-order valence-electron chi connectivity index (χ1n) is 7.15. The molecule has 2 rings (SSSR count). The fraction of sp³-hybridized carbons (Fsp3) is 0.625.